The van der Waals surface area contributed by atoms with Gasteiger partial charge in [-0.15, -0.1) is 0 Å². The fourth-order valence-corrected chi connectivity index (χ4v) is 1.67. The fourth-order valence-electron chi connectivity index (χ4n) is 1.67. The molecular weight excluding hydrogens is 250 g/mol. The van der Waals surface area contributed by atoms with Crippen molar-refractivity contribution in [3.05, 3.63) is 36.3 Å². The molecule has 2 aromatic heterocycles. The molecule has 0 unspecified atom stereocenters. The van der Waals surface area contributed by atoms with Gasteiger partial charge in [-0.1, -0.05) is 6.07 Å². The number of amides is 1. The van der Waals surface area contributed by atoms with Crippen LogP contribution in [0.25, 0.3) is 5.65 Å². The Bertz CT molecular complexity index is 575. The molecule has 0 aliphatic rings. The van der Waals surface area contributed by atoms with Crippen LogP contribution in [0.1, 0.15) is 5.69 Å². The highest BCUT2D eigenvalue weighted by molar-refractivity contribution is 5.84. The number of carboxylic acids is 1. The molecule has 0 spiro atoms. The van der Waals surface area contributed by atoms with Crippen LogP contribution in [-0.2, 0) is 16.0 Å². The Morgan fingerprint density at radius 3 is 2.84 bits per heavy atom. The van der Waals surface area contributed by atoms with E-state index in [1.165, 1.54) is 0 Å². The van der Waals surface area contributed by atoms with E-state index in [4.69, 9.17) is 10.2 Å². The van der Waals surface area contributed by atoms with E-state index >= 15 is 0 Å². The Balaban J connectivity index is 2.04. The van der Waals surface area contributed by atoms with Crippen molar-refractivity contribution in [2.75, 3.05) is 6.61 Å². The summed E-state index contributed by atoms with van der Waals surface area (Å²) in [5.41, 5.74) is 1.24. The minimum atomic E-state index is -1.29. The van der Waals surface area contributed by atoms with E-state index < -0.39 is 24.5 Å². The second-order valence-corrected chi connectivity index (χ2v) is 4.02. The summed E-state index contributed by atoms with van der Waals surface area (Å²) in [5.74, 6) is -1.77. The van der Waals surface area contributed by atoms with Crippen molar-refractivity contribution < 1.29 is 19.8 Å². The van der Waals surface area contributed by atoms with E-state index in [2.05, 4.69) is 10.3 Å². The number of carboxylic acid groups (broad SMARTS) is 1. The number of nitrogens with one attached hydrogen (secondary N) is 1. The van der Waals surface area contributed by atoms with Crippen LogP contribution in [0.4, 0.5) is 0 Å². The number of pyridine rings is 1. The van der Waals surface area contributed by atoms with Crippen LogP contribution in [0.5, 0.6) is 0 Å². The first kappa shape index (κ1) is 13.0. The number of carbonyl (C=O) groups is 2. The third kappa shape index (κ3) is 3.08. The standard InChI is InChI=1S/C12H13N3O4/c16-7-9(12(18)19)14-11(17)5-8-6-15-4-2-1-3-10(15)13-8/h1-4,6,9,16H,5,7H2,(H,14,17)(H,18,19)/t9-/m1/s1. The lowest BCUT2D eigenvalue weighted by Gasteiger charge is -2.10. The van der Waals surface area contributed by atoms with Crippen LogP contribution in [0.3, 0.4) is 0 Å². The zero-order valence-electron chi connectivity index (χ0n) is 9.98. The zero-order valence-corrected chi connectivity index (χ0v) is 9.98. The van der Waals surface area contributed by atoms with Crippen molar-refractivity contribution in [1.29, 1.82) is 0 Å². The summed E-state index contributed by atoms with van der Waals surface area (Å²) in [6.07, 6.45) is 3.46. The van der Waals surface area contributed by atoms with Gasteiger partial charge in [0.1, 0.15) is 11.7 Å². The number of imidazole rings is 1. The Labute approximate surface area is 108 Å². The number of aliphatic hydroxyl groups excluding tert-OH is 1. The van der Waals surface area contributed by atoms with E-state index in [9.17, 15) is 9.59 Å². The molecule has 0 aromatic carbocycles. The summed E-state index contributed by atoms with van der Waals surface area (Å²) < 4.78 is 1.77. The number of fused-ring (bicyclic) bond motifs is 1. The largest absolute Gasteiger partial charge is 0.480 e. The summed E-state index contributed by atoms with van der Waals surface area (Å²) in [4.78, 5) is 26.5. The molecule has 2 aromatic rings. The SMILES string of the molecule is O=C(Cc1cn2ccccc2n1)N[C@H](CO)C(=O)O. The van der Waals surface area contributed by atoms with Crippen molar-refractivity contribution >= 4 is 17.5 Å². The number of aromatic nitrogens is 2. The maximum absolute atomic E-state index is 11.6. The molecule has 3 N–H and O–H groups in total. The van der Waals surface area contributed by atoms with Crippen molar-refractivity contribution in [3.63, 3.8) is 0 Å². The van der Waals surface area contributed by atoms with Gasteiger partial charge in [0.05, 0.1) is 18.7 Å². The van der Waals surface area contributed by atoms with Crippen LogP contribution in [0, 0.1) is 0 Å². The molecule has 0 radical (unpaired) electrons. The van der Waals surface area contributed by atoms with Gasteiger partial charge in [-0.3, -0.25) is 4.79 Å². The van der Waals surface area contributed by atoms with Crippen molar-refractivity contribution in [3.8, 4) is 0 Å². The Kier molecular flexibility index (Phi) is 3.76. The topological polar surface area (TPSA) is 104 Å². The van der Waals surface area contributed by atoms with Crippen molar-refractivity contribution in [2.45, 2.75) is 12.5 Å². The highest BCUT2D eigenvalue weighted by atomic mass is 16.4. The first-order valence-electron chi connectivity index (χ1n) is 5.66. The maximum Gasteiger partial charge on any atom is 0.328 e. The van der Waals surface area contributed by atoms with Gasteiger partial charge >= 0.3 is 5.97 Å². The molecule has 0 aliphatic carbocycles. The lowest BCUT2D eigenvalue weighted by Crippen LogP contribution is -2.43. The molecule has 2 rings (SSSR count). The molecule has 0 saturated carbocycles. The Morgan fingerprint density at radius 2 is 2.21 bits per heavy atom. The number of hydrogen-bond donors (Lipinski definition) is 3. The smallest absolute Gasteiger partial charge is 0.328 e. The molecule has 0 saturated heterocycles. The number of carbonyl (C=O) groups excluding carboxylic acids is 1. The van der Waals surface area contributed by atoms with E-state index in [-0.39, 0.29) is 6.42 Å². The fraction of sp³-hybridized carbons (Fsp3) is 0.250. The van der Waals surface area contributed by atoms with Crippen LogP contribution >= 0.6 is 0 Å². The quantitative estimate of drug-likeness (QED) is 0.670. The predicted molar refractivity (Wildman–Crippen MR) is 65.5 cm³/mol. The van der Waals surface area contributed by atoms with E-state index in [1.807, 2.05) is 12.1 Å². The summed E-state index contributed by atoms with van der Waals surface area (Å²) in [5, 5.41) is 19.7. The van der Waals surface area contributed by atoms with Gasteiger partial charge in [-0.2, -0.15) is 0 Å². The molecule has 0 aliphatic heterocycles. The molecule has 0 fully saturated rings. The summed E-state index contributed by atoms with van der Waals surface area (Å²) in [6.45, 7) is -0.647. The lowest BCUT2D eigenvalue weighted by molar-refractivity contribution is -0.142. The van der Waals surface area contributed by atoms with E-state index in [1.54, 1.807) is 22.9 Å². The molecule has 19 heavy (non-hydrogen) atoms. The first-order chi connectivity index (χ1) is 9.10. The third-order valence-corrected chi connectivity index (χ3v) is 2.57. The van der Waals surface area contributed by atoms with Gasteiger partial charge in [0, 0.05) is 12.4 Å². The van der Waals surface area contributed by atoms with Gasteiger partial charge < -0.3 is 19.9 Å². The number of nitrogens with zero attached hydrogens (tertiary/aromatic N) is 2. The molecule has 0 bridgehead atoms. The van der Waals surface area contributed by atoms with Gasteiger partial charge in [0.15, 0.2) is 0 Å². The highest BCUT2D eigenvalue weighted by Gasteiger charge is 2.19. The first-order valence-corrected chi connectivity index (χ1v) is 5.66. The minimum Gasteiger partial charge on any atom is -0.480 e. The highest BCUT2D eigenvalue weighted by Crippen LogP contribution is 2.05. The normalized spacial score (nSPS) is 12.3. The van der Waals surface area contributed by atoms with Crippen molar-refractivity contribution in [2.24, 2.45) is 0 Å². The number of aliphatic carboxylic acids is 1. The molecule has 1 amide bonds. The van der Waals surface area contributed by atoms with Crippen LogP contribution in [0.15, 0.2) is 30.6 Å². The van der Waals surface area contributed by atoms with Crippen molar-refractivity contribution in [1.82, 2.24) is 14.7 Å². The molecule has 2 heterocycles. The molecule has 100 valence electrons. The van der Waals surface area contributed by atoms with Gasteiger partial charge in [0.2, 0.25) is 5.91 Å². The molecular formula is C12H13N3O4. The summed E-state index contributed by atoms with van der Waals surface area (Å²) >= 11 is 0. The zero-order chi connectivity index (χ0) is 13.8. The van der Waals surface area contributed by atoms with Gasteiger partial charge in [-0.05, 0) is 12.1 Å². The van der Waals surface area contributed by atoms with Crippen LogP contribution in [-0.4, -0.2) is 44.1 Å². The molecule has 7 nitrogen and oxygen atoms in total. The maximum atomic E-state index is 11.6. The minimum absolute atomic E-state index is 0.0362. The Morgan fingerprint density at radius 1 is 1.42 bits per heavy atom. The second-order valence-electron chi connectivity index (χ2n) is 4.02. The predicted octanol–water partition coefficient (Wildman–Crippen LogP) is -0.562. The molecule has 7 heteroatoms. The average molecular weight is 263 g/mol. The number of hydrogen-bond acceptors (Lipinski definition) is 4. The van der Waals surface area contributed by atoms with Crippen LogP contribution in [0.2, 0.25) is 0 Å². The van der Waals surface area contributed by atoms with E-state index in [0.717, 1.165) is 0 Å². The van der Waals surface area contributed by atoms with E-state index in [0.29, 0.717) is 11.3 Å². The summed E-state index contributed by atoms with van der Waals surface area (Å²) in [7, 11) is 0. The van der Waals surface area contributed by atoms with Crippen LogP contribution < -0.4 is 5.32 Å². The number of aliphatic hydroxyl groups is 1. The second kappa shape index (κ2) is 5.49. The monoisotopic (exact) mass is 263 g/mol. The lowest BCUT2D eigenvalue weighted by atomic mass is 10.2. The average Bonchev–Trinajstić information content (AvgIpc) is 2.77. The van der Waals surface area contributed by atoms with Gasteiger partial charge in [-0.25, -0.2) is 9.78 Å². The van der Waals surface area contributed by atoms with Gasteiger partial charge in [0.25, 0.3) is 0 Å². The number of rotatable bonds is 5. The summed E-state index contributed by atoms with van der Waals surface area (Å²) in [6, 6.07) is 4.18. The molecule has 1 atom stereocenters. The third-order valence-electron chi connectivity index (χ3n) is 2.57. The Hall–Kier alpha value is -2.41.